The van der Waals surface area contributed by atoms with Crippen LogP contribution in [0.5, 0.6) is 0 Å². The molecular formula is C13H15F2N3O3. The van der Waals surface area contributed by atoms with Crippen LogP contribution < -0.4 is 5.76 Å². The van der Waals surface area contributed by atoms with Gasteiger partial charge in [0, 0.05) is 19.3 Å². The van der Waals surface area contributed by atoms with Crippen LogP contribution in [0.1, 0.15) is 37.4 Å². The van der Waals surface area contributed by atoms with E-state index in [-0.39, 0.29) is 25.3 Å². The Bertz CT molecular complexity index is 638. The zero-order valence-electron chi connectivity index (χ0n) is 11.3. The van der Waals surface area contributed by atoms with Crippen molar-refractivity contribution >= 4 is 0 Å². The summed E-state index contributed by atoms with van der Waals surface area (Å²) in [5, 5.41) is 3.75. The molecular weight excluding hydrogens is 284 g/mol. The Morgan fingerprint density at radius 1 is 1.38 bits per heavy atom. The summed E-state index contributed by atoms with van der Waals surface area (Å²) in [6, 6.07) is 0. The van der Waals surface area contributed by atoms with Crippen molar-refractivity contribution in [1.29, 1.82) is 0 Å². The monoisotopic (exact) mass is 299 g/mol. The van der Waals surface area contributed by atoms with E-state index in [0.717, 1.165) is 0 Å². The second-order valence-corrected chi connectivity index (χ2v) is 5.38. The average molecular weight is 299 g/mol. The standard InChI is InChI=1S/C13H15F2N3O3/c14-13(15)3-1-9(2-4-13)7-10-17-21-12(19)18(10)8-11-16-5-6-20-11/h5-6,9H,1-4,7-8H2. The molecule has 1 aliphatic rings. The van der Waals surface area contributed by atoms with Gasteiger partial charge in [0.05, 0.1) is 6.20 Å². The lowest BCUT2D eigenvalue weighted by Gasteiger charge is -2.27. The predicted octanol–water partition coefficient (Wildman–Crippen LogP) is 2.24. The number of alkyl halides is 2. The molecule has 2 heterocycles. The van der Waals surface area contributed by atoms with Gasteiger partial charge in [-0.05, 0) is 18.8 Å². The predicted molar refractivity (Wildman–Crippen MR) is 67.0 cm³/mol. The first-order valence-corrected chi connectivity index (χ1v) is 6.85. The summed E-state index contributed by atoms with van der Waals surface area (Å²) < 4.78 is 37.4. The summed E-state index contributed by atoms with van der Waals surface area (Å²) in [7, 11) is 0. The van der Waals surface area contributed by atoms with Crippen LogP contribution in [-0.2, 0) is 13.0 Å². The van der Waals surface area contributed by atoms with Gasteiger partial charge in [-0.25, -0.2) is 18.6 Å². The number of hydrogen-bond donors (Lipinski definition) is 0. The van der Waals surface area contributed by atoms with Gasteiger partial charge in [0.15, 0.2) is 5.82 Å². The van der Waals surface area contributed by atoms with Gasteiger partial charge in [0.25, 0.3) is 0 Å². The minimum atomic E-state index is -2.56. The zero-order chi connectivity index (χ0) is 14.9. The molecule has 0 unspecified atom stereocenters. The third-order valence-electron chi connectivity index (χ3n) is 3.85. The van der Waals surface area contributed by atoms with E-state index in [2.05, 4.69) is 14.7 Å². The van der Waals surface area contributed by atoms with Gasteiger partial charge < -0.3 is 4.42 Å². The van der Waals surface area contributed by atoms with Gasteiger partial charge in [-0.3, -0.25) is 9.09 Å². The second kappa shape index (κ2) is 5.42. The van der Waals surface area contributed by atoms with E-state index in [4.69, 9.17) is 4.42 Å². The first-order chi connectivity index (χ1) is 10.0. The lowest BCUT2D eigenvalue weighted by molar-refractivity contribution is -0.0459. The summed E-state index contributed by atoms with van der Waals surface area (Å²) in [4.78, 5) is 15.6. The molecule has 1 fully saturated rings. The highest BCUT2D eigenvalue weighted by Gasteiger charge is 2.35. The van der Waals surface area contributed by atoms with Crippen LogP contribution in [0.15, 0.2) is 26.2 Å². The van der Waals surface area contributed by atoms with Crippen LogP contribution in [0.2, 0.25) is 0 Å². The molecule has 0 saturated heterocycles. The zero-order valence-corrected chi connectivity index (χ0v) is 11.3. The molecule has 0 bridgehead atoms. The van der Waals surface area contributed by atoms with Crippen LogP contribution in [0, 0.1) is 5.92 Å². The molecule has 2 aromatic rings. The van der Waals surface area contributed by atoms with Crippen LogP contribution >= 0.6 is 0 Å². The number of oxazole rings is 1. The van der Waals surface area contributed by atoms with Crippen molar-refractivity contribution in [3.8, 4) is 0 Å². The first-order valence-electron chi connectivity index (χ1n) is 6.85. The van der Waals surface area contributed by atoms with Crippen molar-refractivity contribution in [3.63, 3.8) is 0 Å². The lowest BCUT2D eigenvalue weighted by atomic mass is 9.84. The Labute approximate surface area is 118 Å². The van der Waals surface area contributed by atoms with Crippen molar-refractivity contribution < 1.29 is 17.7 Å². The van der Waals surface area contributed by atoms with Crippen molar-refractivity contribution in [3.05, 3.63) is 34.7 Å². The van der Waals surface area contributed by atoms with Crippen LogP contribution in [-0.4, -0.2) is 20.6 Å². The SMILES string of the molecule is O=c1onc(CC2CCC(F)(F)CC2)n1Cc1ncco1. The van der Waals surface area contributed by atoms with Gasteiger partial charge in [-0.2, -0.15) is 0 Å². The fourth-order valence-corrected chi connectivity index (χ4v) is 2.63. The summed E-state index contributed by atoms with van der Waals surface area (Å²) in [5.41, 5.74) is 0. The summed E-state index contributed by atoms with van der Waals surface area (Å²) >= 11 is 0. The van der Waals surface area contributed by atoms with Crippen molar-refractivity contribution in [2.75, 3.05) is 0 Å². The third-order valence-corrected chi connectivity index (χ3v) is 3.85. The highest BCUT2D eigenvalue weighted by atomic mass is 19.3. The Morgan fingerprint density at radius 3 is 2.81 bits per heavy atom. The van der Waals surface area contributed by atoms with Crippen molar-refractivity contribution in [1.82, 2.24) is 14.7 Å². The number of rotatable bonds is 4. The number of halogens is 2. The summed E-state index contributed by atoms with van der Waals surface area (Å²) in [5.74, 6) is -2.24. The molecule has 3 rings (SSSR count). The van der Waals surface area contributed by atoms with Crippen molar-refractivity contribution in [2.24, 2.45) is 5.92 Å². The van der Waals surface area contributed by atoms with Gasteiger partial charge in [-0.1, -0.05) is 5.16 Å². The van der Waals surface area contributed by atoms with E-state index < -0.39 is 11.7 Å². The van der Waals surface area contributed by atoms with E-state index in [9.17, 15) is 13.6 Å². The molecule has 0 spiro atoms. The number of aromatic nitrogens is 3. The lowest BCUT2D eigenvalue weighted by Crippen LogP contribution is -2.27. The largest absolute Gasteiger partial charge is 0.447 e. The molecule has 114 valence electrons. The Balaban J connectivity index is 1.70. The Morgan fingerprint density at radius 2 is 2.14 bits per heavy atom. The smallest absolute Gasteiger partial charge is 0.442 e. The van der Waals surface area contributed by atoms with Crippen LogP contribution in [0.4, 0.5) is 8.78 Å². The van der Waals surface area contributed by atoms with E-state index in [0.29, 0.717) is 31.0 Å². The minimum absolute atomic E-state index is 0.0879. The molecule has 1 saturated carbocycles. The van der Waals surface area contributed by atoms with Gasteiger partial charge in [0.2, 0.25) is 11.8 Å². The molecule has 0 aromatic carbocycles. The van der Waals surface area contributed by atoms with E-state index in [1.54, 1.807) is 0 Å². The van der Waals surface area contributed by atoms with E-state index in [1.165, 1.54) is 17.0 Å². The first kappa shape index (κ1) is 14.0. The maximum absolute atomic E-state index is 13.1. The van der Waals surface area contributed by atoms with Gasteiger partial charge >= 0.3 is 5.76 Å². The molecule has 2 aromatic heterocycles. The summed E-state index contributed by atoms with van der Waals surface area (Å²) in [6.45, 7) is 0.132. The molecule has 0 radical (unpaired) electrons. The fraction of sp³-hybridized carbons (Fsp3) is 0.615. The molecule has 0 aliphatic heterocycles. The highest BCUT2D eigenvalue weighted by molar-refractivity contribution is 4.93. The van der Waals surface area contributed by atoms with E-state index in [1.807, 2.05) is 0 Å². The molecule has 0 atom stereocenters. The van der Waals surface area contributed by atoms with Crippen molar-refractivity contribution in [2.45, 2.75) is 44.6 Å². The highest BCUT2D eigenvalue weighted by Crippen LogP contribution is 2.37. The number of hydrogen-bond acceptors (Lipinski definition) is 5. The third kappa shape index (κ3) is 3.20. The minimum Gasteiger partial charge on any atom is -0.447 e. The average Bonchev–Trinajstić information content (AvgIpc) is 3.06. The van der Waals surface area contributed by atoms with Gasteiger partial charge in [0.1, 0.15) is 12.8 Å². The maximum atomic E-state index is 13.1. The Hall–Kier alpha value is -1.99. The fourth-order valence-electron chi connectivity index (χ4n) is 2.63. The normalized spacial score (nSPS) is 19.0. The molecule has 21 heavy (non-hydrogen) atoms. The second-order valence-electron chi connectivity index (χ2n) is 5.38. The molecule has 6 nitrogen and oxygen atoms in total. The van der Waals surface area contributed by atoms with Gasteiger partial charge in [-0.15, -0.1) is 0 Å². The Kier molecular flexibility index (Phi) is 3.60. The van der Waals surface area contributed by atoms with E-state index >= 15 is 0 Å². The van der Waals surface area contributed by atoms with Crippen LogP contribution in [0.25, 0.3) is 0 Å². The molecule has 0 amide bonds. The summed E-state index contributed by atoms with van der Waals surface area (Å²) in [6.07, 6.45) is 3.97. The topological polar surface area (TPSA) is 74.1 Å². The molecule has 0 N–H and O–H groups in total. The quantitative estimate of drug-likeness (QED) is 0.865. The molecule has 1 aliphatic carbocycles. The maximum Gasteiger partial charge on any atom is 0.442 e. The number of nitrogens with zero attached hydrogens (tertiary/aromatic N) is 3. The molecule has 8 heteroatoms. The van der Waals surface area contributed by atoms with Crippen LogP contribution in [0.3, 0.4) is 0 Å².